The molecule has 2 aliphatic rings. The summed E-state index contributed by atoms with van der Waals surface area (Å²) in [6.07, 6.45) is 2.63. The topological polar surface area (TPSA) is 52.7 Å². The molecule has 1 aromatic carbocycles. The highest BCUT2D eigenvalue weighted by Gasteiger charge is 2.36. The molecule has 124 valence electrons. The molecule has 2 fully saturated rings. The van der Waals surface area contributed by atoms with Crippen LogP contribution in [-0.2, 0) is 4.79 Å². The predicted molar refractivity (Wildman–Crippen MR) is 92.3 cm³/mol. The molecule has 23 heavy (non-hydrogen) atoms. The maximum absolute atomic E-state index is 12.9. The van der Waals surface area contributed by atoms with E-state index in [-0.39, 0.29) is 17.9 Å². The number of nitrogens with one attached hydrogen (secondary N) is 1. The fourth-order valence-electron chi connectivity index (χ4n) is 3.30. The van der Waals surface area contributed by atoms with E-state index in [9.17, 15) is 9.59 Å². The van der Waals surface area contributed by atoms with Gasteiger partial charge in [-0.15, -0.1) is 0 Å². The summed E-state index contributed by atoms with van der Waals surface area (Å²) in [5, 5.41) is 3.31. The molecule has 2 heterocycles. The lowest BCUT2D eigenvalue weighted by Gasteiger charge is -2.29. The van der Waals surface area contributed by atoms with Crippen molar-refractivity contribution in [2.45, 2.75) is 25.3 Å². The standard InChI is InChI=1S/C17H22BrN3O2/c18-14-6-4-13(5-7-14)16(22)21-11-1-3-15(21)17(23)20-10-2-8-19-9-12-20/h4-7,15,19H,1-3,8-12H2. The lowest BCUT2D eigenvalue weighted by Crippen LogP contribution is -2.48. The van der Waals surface area contributed by atoms with Crippen LogP contribution in [0.4, 0.5) is 0 Å². The van der Waals surface area contributed by atoms with Gasteiger partial charge in [0.15, 0.2) is 0 Å². The molecule has 6 heteroatoms. The maximum Gasteiger partial charge on any atom is 0.254 e. The Bertz CT molecular complexity index is 568. The van der Waals surface area contributed by atoms with E-state index in [2.05, 4.69) is 21.2 Å². The number of amides is 2. The molecular formula is C17H22BrN3O2. The molecule has 1 unspecified atom stereocenters. The minimum atomic E-state index is -0.302. The molecule has 2 aliphatic heterocycles. The minimum Gasteiger partial charge on any atom is -0.340 e. The van der Waals surface area contributed by atoms with Gasteiger partial charge in [0.2, 0.25) is 5.91 Å². The highest BCUT2D eigenvalue weighted by atomic mass is 79.9. The van der Waals surface area contributed by atoms with E-state index in [0.29, 0.717) is 12.1 Å². The highest BCUT2D eigenvalue weighted by molar-refractivity contribution is 9.10. The first-order valence-electron chi connectivity index (χ1n) is 8.23. The summed E-state index contributed by atoms with van der Waals surface area (Å²) in [6, 6.07) is 7.04. The number of rotatable bonds is 2. The molecule has 2 amide bonds. The summed E-state index contributed by atoms with van der Waals surface area (Å²) in [5.74, 6) is 0.0676. The van der Waals surface area contributed by atoms with Gasteiger partial charge in [-0.25, -0.2) is 0 Å². The van der Waals surface area contributed by atoms with Crippen molar-refractivity contribution in [2.24, 2.45) is 0 Å². The number of likely N-dealkylation sites (tertiary alicyclic amines) is 1. The fraction of sp³-hybridized carbons (Fsp3) is 0.529. The number of nitrogens with zero attached hydrogens (tertiary/aromatic N) is 2. The average molecular weight is 380 g/mol. The summed E-state index contributed by atoms with van der Waals surface area (Å²) >= 11 is 3.38. The molecule has 1 N–H and O–H groups in total. The summed E-state index contributed by atoms with van der Waals surface area (Å²) in [5.41, 5.74) is 0.644. The zero-order chi connectivity index (χ0) is 16.2. The van der Waals surface area contributed by atoms with Gasteiger partial charge in [-0.1, -0.05) is 15.9 Å². The monoisotopic (exact) mass is 379 g/mol. The van der Waals surface area contributed by atoms with Crippen molar-refractivity contribution >= 4 is 27.7 Å². The van der Waals surface area contributed by atoms with Gasteiger partial charge in [-0.2, -0.15) is 0 Å². The lowest BCUT2D eigenvalue weighted by molar-refractivity contribution is -0.135. The molecule has 5 nitrogen and oxygen atoms in total. The van der Waals surface area contributed by atoms with Crippen LogP contribution in [0, 0.1) is 0 Å². The third-order valence-corrected chi connectivity index (χ3v) is 5.07. The van der Waals surface area contributed by atoms with Crippen LogP contribution in [0.5, 0.6) is 0 Å². The second kappa shape index (κ2) is 7.45. The Morgan fingerprint density at radius 3 is 2.61 bits per heavy atom. The van der Waals surface area contributed by atoms with Crippen LogP contribution in [0.25, 0.3) is 0 Å². The molecular weight excluding hydrogens is 358 g/mol. The largest absolute Gasteiger partial charge is 0.340 e. The van der Waals surface area contributed by atoms with Crippen molar-refractivity contribution in [3.05, 3.63) is 34.3 Å². The number of hydrogen-bond donors (Lipinski definition) is 1. The second-order valence-corrected chi connectivity index (χ2v) is 7.01. The first kappa shape index (κ1) is 16.5. The fourth-order valence-corrected chi connectivity index (χ4v) is 3.57. The number of benzene rings is 1. The number of carbonyl (C=O) groups is 2. The zero-order valence-electron chi connectivity index (χ0n) is 13.1. The quantitative estimate of drug-likeness (QED) is 0.853. The average Bonchev–Trinajstić information content (AvgIpc) is 2.89. The van der Waals surface area contributed by atoms with Crippen molar-refractivity contribution in [3.8, 4) is 0 Å². The van der Waals surface area contributed by atoms with E-state index in [1.807, 2.05) is 29.2 Å². The maximum atomic E-state index is 12.9. The third-order valence-electron chi connectivity index (χ3n) is 4.54. The first-order valence-corrected chi connectivity index (χ1v) is 9.02. The Morgan fingerprint density at radius 1 is 1.04 bits per heavy atom. The summed E-state index contributed by atoms with van der Waals surface area (Å²) in [7, 11) is 0. The van der Waals surface area contributed by atoms with Gasteiger partial charge in [-0.05, 0) is 50.1 Å². The molecule has 0 aromatic heterocycles. The summed E-state index contributed by atoms with van der Waals surface area (Å²) < 4.78 is 0.945. The molecule has 1 aromatic rings. The molecule has 3 rings (SSSR count). The molecule has 0 aliphatic carbocycles. The predicted octanol–water partition coefficient (Wildman–Crippen LogP) is 1.88. The first-order chi connectivity index (χ1) is 11.2. The highest BCUT2D eigenvalue weighted by Crippen LogP contribution is 2.23. The summed E-state index contributed by atoms with van der Waals surface area (Å²) in [4.78, 5) is 29.3. The third kappa shape index (κ3) is 3.75. The smallest absolute Gasteiger partial charge is 0.254 e. The van der Waals surface area contributed by atoms with Crippen LogP contribution in [0.2, 0.25) is 0 Å². The van der Waals surface area contributed by atoms with Gasteiger partial charge >= 0.3 is 0 Å². The number of hydrogen-bond acceptors (Lipinski definition) is 3. The number of carbonyl (C=O) groups excluding carboxylic acids is 2. The van der Waals surface area contributed by atoms with Crippen molar-refractivity contribution in [1.82, 2.24) is 15.1 Å². The molecule has 0 radical (unpaired) electrons. The van der Waals surface area contributed by atoms with Crippen LogP contribution < -0.4 is 5.32 Å². The molecule has 0 saturated carbocycles. The van der Waals surface area contributed by atoms with Crippen LogP contribution in [0.3, 0.4) is 0 Å². The van der Waals surface area contributed by atoms with Gasteiger partial charge in [-0.3, -0.25) is 9.59 Å². The lowest BCUT2D eigenvalue weighted by atomic mass is 10.1. The van der Waals surface area contributed by atoms with Gasteiger partial charge in [0.05, 0.1) is 0 Å². The Hall–Kier alpha value is -1.40. The second-order valence-electron chi connectivity index (χ2n) is 6.09. The van der Waals surface area contributed by atoms with E-state index in [0.717, 1.165) is 49.9 Å². The number of halogens is 1. The van der Waals surface area contributed by atoms with Crippen LogP contribution >= 0.6 is 15.9 Å². The van der Waals surface area contributed by atoms with Crippen molar-refractivity contribution in [1.29, 1.82) is 0 Å². The van der Waals surface area contributed by atoms with Crippen LogP contribution in [-0.4, -0.2) is 60.4 Å². The van der Waals surface area contributed by atoms with Crippen LogP contribution in [0.15, 0.2) is 28.7 Å². The summed E-state index contributed by atoms with van der Waals surface area (Å²) in [6.45, 7) is 3.96. The van der Waals surface area contributed by atoms with E-state index < -0.39 is 0 Å². The van der Waals surface area contributed by atoms with Gasteiger partial charge in [0.1, 0.15) is 6.04 Å². The van der Waals surface area contributed by atoms with E-state index in [1.54, 1.807) is 4.90 Å². The Labute approximate surface area is 145 Å². The van der Waals surface area contributed by atoms with Gasteiger partial charge in [0.25, 0.3) is 5.91 Å². The van der Waals surface area contributed by atoms with Crippen molar-refractivity contribution in [3.63, 3.8) is 0 Å². The van der Waals surface area contributed by atoms with Crippen molar-refractivity contribution in [2.75, 3.05) is 32.7 Å². The molecule has 2 saturated heterocycles. The Balaban J connectivity index is 1.72. The normalized spacial score (nSPS) is 22.0. The van der Waals surface area contributed by atoms with Crippen molar-refractivity contribution < 1.29 is 9.59 Å². The molecule has 1 atom stereocenters. The van der Waals surface area contributed by atoms with Gasteiger partial charge < -0.3 is 15.1 Å². The zero-order valence-corrected chi connectivity index (χ0v) is 14.7. The van der Waals surface area contributed by atoms with E-state index >= 15 is 0 Å². The SMILES string of the molecule is O=C(C1CCCN1C(=O)c1ccc(Br)cc1)N1CCCNCC1. The van der Waals surface area contributed by atoms with Gasteiger partial charge in [0, 0.05) is 36.2 Å². The Morgan fingerprint density at radius 2 is 1.83 bits per heavy atom. The van der Waals surface area contributed by atoms with Crippen LogP contribution in [0.1, 0.15) is 29.6 Å². The minimum absolute atomic E-state index is 0.0405. The van der Waals surface area contributed by atoms with E-state index in [4.69, 9.17) is 0 Å². The molecule has 0 spiro atoms. The van der Waals surface area contributed by atoms with E-state index in [1.165, 1.54) is 0 Å². The molecule has 0 bridgehead atoms. The Kier molecular flexibility index (Phi) is 5.33.